The van der Waals surface area contributed by atoms with Gasteiger partial charge in [0.05, 0.1) is 23.4 Å². The number of pyridine rings is 1. The van der Waals surface area contributed by atoms with E-state index in [1.807, 2.05) is 0 Å². The monoisotopic (exact) mass is 566 g/mol. The molecule has 4 N–H and O–H groups in total. The van der Waals surface area contributed by atoms with Gasteiger partial charge < -0.3 is 14.9 Å². The fourth-order valence-electron chi connectivity index (χ4n) is 4.20. The van der Waals surface area contributed by atoms with Gasteiger partial charge in [-0.15, -0.1) is 5.10 Å². The first-order valence-electron chi connectivity index (χ1n) is 12.5. The maximum Gasteiger partial charge on any atom is 0.419 e. The Labute approximate surface area is 231 Å². The Bertz CT molecular complexity index is 1670. The topological polar surface area (TPSA) is 126 Å². The van der Waals surface area contributed by atoms with Gasteiger partial charge in [-0.25, -0.2) is 14.5 Å². The number of fused-ring (bicyclic) bond motifs is 1. The number of imidazole rings is 1. The van der Waals surface area contributed by atoms with Crippen LogP contribution in [0.2, 0.25) is 0 Å². The van der Waals surface area contributed by atoms with E-state index < -0.39 is 30.5 Å². The Morgan fingerprint density at radius 3 is 2.32 bits per heavy atom. The molecular formula is C28H25F3N6O4. The highest BCUT2D eigenvalue weighted by atomic mass is 19.4. The first-order chi connectivity index (χ1) is 19.7. The van der Waals surface area contributed by atoms with E-state index in [2.05, 4.69) is 20.7 Å². The number of aliphatic hydroxyl groups excluding tert-OH is 2. The molecule has 212 valence electrons. The number of urea groups is 1. The lowest BCUT2D eigenvalue weighted by molar-refractivity contribution is -0.136. The first-order valence-corrected chi connectivity index (χ1v) is 12.5. The van der Waals surface area contributed by atoms with E-state index in [1.165, 1.54) is 21.3 Å². The van der Waals surface area contributed by atoms with Crippen molar-refractivity contribution in [3.05, 3.63) is 90.1 Å². The molecule has 0 aliphatic heterocycles. The number of amides is 2. The number of carbonyl (C=O) groups excluding carboxylic acids is 1. The zero-order valence-electron chi connectivity index (χ0n) is 21.6. The summed E-state index contributed by atoms with van der Waals surface area (Å²) in [5.41, 5.74) is 0.331. The quantitative estimate of drug-likeness (QED) is 0.212. The predicted octanol–water partition coefficient (Wildman–Crippen LogP) is 4.89. The molecule has 2 aromatic carbocycles. The summed E-state index contributed by atoms with van der Waals surface area (Å²) in [6.07, 6.45) is -4.41. The van der Waals surface area contributed by atoms with Crippen molar-refractivity contribution in [3.63, 3.8) is 0 Å². The normalized spacial score (nSPS) is 12.3. The molecule has 41 heavy (non-hydrogen) atoms. The Morgan fingerprint density at radius 1 is 1.00 bits per heavy atom. The number of nitrogens with zero attached hydrogens (tertiary/aromatic N) is 4. The van der Waals surface area contributed by atoms with Crippen molar-refractivity contribution in [1.29, 1.82) is 0 Å². The van der Waals surface area contributed by atoms with Crippen molar-refractivity contribution in [2.75, 3.05) is 23.8 Å². The third-order valence-corrected chi connectivity index (χ3v) is 6.17. The summed E-state index contributed by atoms with van der Waals surface area (Å²) >= 11 is 0. The third kappa shape index (κ3) is 5.71. The van der Waals surface area contributed by atoms with Gasteiger partial charge in [0, 0.05) is 11.8 Å². The van der Waals surface area contributed by atoms with Gasteiger partial charge in [-0.2, -0.15) is 13.2 Å². The number of rotatable bonds is 8. The number of aromatic nitrogens is 4. The summed E-state index contributed by atoms with van der Waals surface area (Å²) in [5, 5.41) is 28.6. The Hall–Kier alpha value is -4.88. The van der Waals surface area contributed by atoms with Crippen LogP contribution in [0.15, 0.2) is 79.0 Å². The molecular weight excluding hydrogens is 541 g/mol. The fraction of sp³-hybridized carbons (Fsp3) is 0.179. The van der Waals surface area contributed by atoms with Gasteiger partial charge in [0.25, 0.3) is 0 Å². The molecule has 0 saturated heterocycles. The SMILES string of the molecule is Cc1c(OC[C@@H](O)CO)nn(-c2ccccc2)c1NC(=O)Nc1c(-c2ccccc2)nc2c(C(F)(F)F)cccn12. The van der Waals surface area contributed by atoms with Crippen molar-refractivity contribution < 1.29 is 32.9 Å². The Kier molecular flexibility index (Phi) is 7.64. The third-order valence-electron chi connectivity index (χ3n) is 6.17. The van der Waals surface area contributed by atoms with E-state index in [9.17, 15) is 23.1 Å². The molecule has 0 saturated carbocycles. The van der Waals surface area contributed by atoms with Gasteiger partial charge in [0.1, 0.15) is 30.0 Å². The van der Waals surface area contributed by atoms with Crippen molar-refractivity contribution >= 4 is 23.3 Å². The average molecular weight is 567 g/mol. The number of alkyl halides is 3. The minimum Gasteiger partial charge on any atom is -0.474 e. The van der Waals surface area contributed by atoms with Crippen molar-refractivity contribution in [1.82, 2.24) is 19.2 Å². The van der Waals surface area contributed by atoms with Crippen LogP contribution in [0, 0.1) is 6.92 Å². The van der Waals surface area contributed by atoms with E-state index >= 15 is 0 Å². The number of aliphatic hydroxyl groups is 2. The number of hydrogen-bond donors (Lipinski definition) is 4. The van der Waals surface area contributed by atoms with Crippen LogP contribution in [-0.2, 0) is 6.18 Å². The van der Waals surface area contributed by atoms with Crippen LogP contribution in [0.25, 0.3) is 22.6 Å². The summed E-state index contributed by atoms with van der Waals surface area (Å²) in [5.74, 6) is 0.347. The van der Waals surface area contributed by atoms with Crippen LogP contribution in [0.1, 0.15) is 11.1 Å². The predicted molar refractivity (Wildman–Crippen MR) is 145 cm³/mol. The lowest BCUT2D eigenvalue weighted by atomic mass is 10.1. The number of nitrogens with one attached hydrogen (secondary N) is 2. The zero-order valence-corrected chi connectivity index (χ0v) is 21.6. The fourth-order valence-corrected chi connectivity index (χ4v) is 4.20. The minimum absolute atomic E-state index is 0.0285. The molecule has 3 aromatic heterocycles. The summed E-state index contributed by atoms with van der Waals surface area (Å²) < 4.78 is 49.5. The highest BCUT2D eigenvalue weighted by Crippen LogP contribution is 2.37. The van der Waals surface area contributed by atoms with E-state index in [0.29, 0.717) is 16.8 Å². The molecule has 13 heteroatoms. The standard InChI is InChI=1S/C28H25F3N6O4/c1-17-23(37(19-11-6-3-7-12-19)35-26(17)41-16-20(39)15-38)33-27(40)34-25-22(18-9-4-2-5-10-18)32-24-21(28(29,30)31)13-8-14-36(24)25/h2-14,20,38-39H,15-16H2,1H3,(H2,33,34,40)/t20-/m0/s1. The Balaban J connectivity index is 1.54. The maximum atomic E-state index is 13.8. The molecule has 10 nitrogen and oxygen atoms in total. The molecule has 0 aliphatic carbocycles. The molecule has 1 atom stereocenters. The van der Waals surface area contributed by atoms with Crippen LogP contribution in [-0.4, -0.2) is 54.7 Å². The van der Waals surface area contributed by atoms with Gasteiger partial charge in [-0.3, -0.25) is 15.0 Å². The summed E-state index contributed by atoms with van der Waals surface area (Å²) in [6.45, 7) is 0.894. The second-order valence-electron chi connectivity index (χ2n) is 9.04. The maximum absolute atomic E-state index is 13.8. The van der Waals surface area contributed by atoms with E-state index in [1.54, 1.807) is 67.6 Å². The number of halogens is 3. The lowest BCUT2D eigenvalue weighted by Crippen LogP contribution is -2.23. The number of hydrogen-bond acceptors (Lipinski definition) is 6. The number of carbonyl (C=O) groups is 1. The number of ether oxygens (including phenoxy) is 1. The first kappa shape index (κ1) is 27.7. The average Bonchev–Trinajstić information content (AvgIpc) is 3.49. The van der Waals surface area contributed by atoms with Crippen molar-refractivity contribution in [3.8, 4) is 22.8 Å². The van der Waals surface area contributed by atoms with E-state index in [4.69, 9.17) is 9.84 Å². The van der Waals surface area contributed by atoms with Gasteiger partial charge in [-0.1, -0.05) is 48.5 Å². The van der Waals surface area contributed by atoms with Crippen LogP contribution in [0.5, 0.6) is 5.88 Å². The van der Waals surface area contributed by atoms with Crippen molar-refractivity contribution in [2.45, 2.75) is 19.2 Å². The number of para-hydroxylation sites is 1. The molecule has 3 heterocycles. The smallest absolute Gasteiger partial charge is 0.419 e. The molecule has 5 rings (SSSR count). The summed E-state index contributed by atoms with van der Waals surface area (Å²) in [7, 11) is 0. The van der Waals surface area contributed by atoms with Gasteiger partial charge in [0.2, 0.25) is 5.88 Å². The molecule has 0 aliphatic rings. The summed E-state index contributed by atoms with van der Waals surface area (Å²) in [6, 6.07) is 18.8. The second-order valence-corrected chi connectivity index (χ2v) is 9.04. The largest absolute Gasteiger partial charge is 0.474 e. The molecule has 2 amide bonds. The number of benzene rings is 2. The van der Waals surface area contributed by atoms with Gasteiger partial charge in [0.15, 0.2) is 5.65 Å². The van der Waals surface area contributed by atoms with E-state index in [0.717, 1.165) is 6.07 Å². The van der Waals surface area contributed by atoms with Gasteiger partial charge in [-0.05, 0) is 31.2 Å². The second kappa shape index (κ2) is 11.3. The van der Waals surface area contributed by atoms with Crippen molar-refractivity contribution in [2.24, 2.45) is 0 Å². The van der Waals surface area contributed by atoms with Crippen LogP contribution < -0.4 is 15.4 Å². The van der Waals surface area contributed by atoms with Gasteiger partial charge >= 0.3 is 12.2 Å². The molecule has 0 radical (unpaired) electrons. The molecule has 0 unspecified atom stereocenters. The van der Waals surface area contributed by atoms with Crippen LogP contribution >= 0.6 is 0 Å². The highest BCUT2D eigenvalue weighted by molar-refractivity contribution is 6.02. The molecule has 0 bridgehead atoms. The number of anilines is 2. The summed E-state index contributed by atoms with van der Waals surface area (Å²) in [4.78, 5) is 17.7. The molecule has 0 fully saturated rings. The minimum atomic E-state index is -4.67. The lowest BCUT2D eigenvalue weighted by Gasteiger charge is -2.12. The molecule has 0 spiro atoms. The van der Waals surface area contributed by atoms with E-state index in [-0.39, 0.29) is 35.5 Å². The van der Waals surface area contributed by atoms with Crippen LogP contribution in [0.4, 0.5) is 29.6 Å². The highest BCUT2D eigenvalue weighted by Gasteiger charge is 2.35. The Morgan fingerprint density at radius 2 is 1.66 bits per heavy atom. The molecule has 5 aromatic rings. The zero-order chi connectivity index (χ0) is 29.1. The van der Waals surface area contributed by atoms with Crippen LogP contribution in [0.3, 0.4) is 0 Å².